The van der Waals surface area contributed by atoms with Crippen molar-refractivity contribution < 1.29 is 0 Å². The zero-order valence-electron chi connectivity index (χ0n) is 13.8. The first-order chi connectivity index (χ1) is 10.6. The SMILES string of the molecule is CNCc1ccc(N=Nc2cc(CNC)ccc2C)c(C)c1. The average Bonchev–Trinajstić information content (AvgIpc) is 2.50. The molecule has 0 spiro atoms. The summed E-state index contributed by atoms with van der Waals surface area (Å²) < 4.78 is 0. The van der Waals surface area contributed by atoms with Gasteiger partial charge in [-0.25, -0.2) is 0 Å². The molecule has 0 aliphatic heterocycles. The van der Waals surface area contributed by atoms with Crippen LogP contribution in [0.3, 0.4) is 0 Å². The molecule has 0 fully saturated rings. The minimum Gasteiger partial charge on any atom is -0.316 e. The first-order valence-electron chi connectivity index (χ1n) is 7.54. The maximum atomic E-state index is 4.44. The summed E-state index contributed by atoms with van der Waals surface area (Å²) in [6.45, 7) is 5.82. The van der Waals surface area contributed by atoms with Crippen LogP contribution in [0.25, 0.3) is 0 Å². The molecule has 116 valence electrons. The van der Waals surface area contributed by atoms with Crippen LogP contribution in [0.1, 0.15) is 22.3 Å². The summed E-state index contributed by atoms with van der Waals surface area (Å²) in [5.74, 6) is 0. The number of hydrogen-bond donors (Lipinski definition) is 2. The molecule has 0 amide bonds. The third-order valence-corrected chi connectivity index (χ3v) is 3.56. The summed E-state index contributed by atoms with van der Waals surface area (Å²) in [5, 5.41) is 15.2. The highest BCUT2D eigenvalue weighted by Crippen LogP contribution is 2.25. The van der Waals surface area contributed by atoms with Gasteiger partial charge in [0.2, 0.25) is 0 Å². The molecule has 0 unspecified atom stereocenters. The van der Waals surface area contributed by atoms with E-state index < -0.39 is 0 Å². The highest BCUT2D eigenvalue weighted by molar-refractivity contribution is 5.50. The number of rotatable bonds is 6. The summed E-state index contributed by atoms with van der Waals surface area (Å²) >= 11 is 0. The summed E-state index contributed by atoms with van der Waals surface area (Å²) in [5.41, 5.74) is 6.58. The molecule has 0 aliphatic carbocycles. The Morgan fingerprint density at radius 1 is 0.727 bits per heavy atom. The molecule has 0 bridgehead atoms. The van der Waals surface area contributed by atoms with E-state index in [0.29, 0.717) is 0 Å². The van der Waals surface area contributed by atoms with Gasteiger partial charge in [0.1, 0.15) is 0 Å². The van der Waals surface area contributed by atoms with Crippen molar-refractivity contribution in [2.45, 2.75) is 26.9 Å². The number of nitrogens with zero attached hydrogens (tertiary/aromatic N) is 2. The molecule has 22 heavy (non-hydrogen) atoms. The second kappa shape index (κ2) is 7.82. The Labute approximate surface area is 132 Å². The van der Waals surface area contributed by atoms with Gasteiger partial charge in [-0.05, 0) is 62.3 Å². The molecule has 2 aromatic carbocycles. The molecule has 2 aromatic rings. The molecule has 2 rings (SSSR count). The fourth-order valence-electron chi connectivity index (χ4n) is 2.33. The van der Waals surface area contributed by atoms with Crippen molar-refractivity contribution in [1.82, 2.24) is 10.6 Å². The first kappa shape index (κ1) is 16.3. The van der Waals surface area contributed by atoms with Gasteiger partial charge in [-0.2, -0.15) is 10.2 Å². The lowest BCUT2D eigenvalue weighted by atomic mass is 10.1. The Bertz CT molecular complexity index is 662. The Balaban J connectivity index is 2.23. The van der Waals surface area contributed by atoms with E-state index in [2.05, 4.69) is 65.0 Å². The molecule has 0 heterocycles. The fraction of sp³-hybridized carbons (Fsp3) is 0.333. The highest BCUT2D eigenvalue weighted by Gasteiger charge is 2.02. The summed E-state index contributed by atoms with van der Waals surface area (Å²) in [4.78, 5) is 0. The molecule has 0 aliphatic rings. The van der Waals surface area contributed by atoms with Gasteiger partial charge in [0.15, 0.2) is 0 Å². The lowest BCUT2D eigenvalue weighted by Gasteiger charge is -2.06. The topological polar surface area (TPSA) is 48.8 Å². The van der Waals surface area contributed by atoms with E-state index in [1.807, 2.05) is 20.2 Å². The van der Waals surface area contributed by atoms with Crippen LogP contribution in [0.4, 0.5) is 11.4 Å². The Kier molecular flexibility index (Phi) is 5.81. The maximum Gasteiger partial charge on any atom is 0.0889 e. The summed E-state index contributed by atoms with van der Waals surface area (Å²) in [7, 11) is 3.89. The monoisotopic (exact) mass is 296 g/mol. The zero-order chi connectivity index (χ0) is 15.9. The highest BCUT2D eigenvalue weighted by atomic mass is 15.1. The number of benzene rings is 2. The zero-order valence-corrected chi connectivity index (χ0v) is 13.8. The quantitative estimate of drug-likeness (QED) is 0.786. The van der Waals surface area contributed by atoms with Crippen LogP contribution in [0, 0.1) is 13.8 Å². The molecular formula is C18H24N4. The first-order valence-corrected chi connectivity index (χ1v) is 7.54. The van der Waals surface area contributed by atoms with Crippen LogP contribution in [-0.4, -0.2) is 14.1 Å². The molecule has 0 radical (unpaired) electrons. The van der Waals surface area contributed by atoms with Crippen LogP contribution in [0.15, 0.2) is 46.6 Å². The molecule has 0 aromatic heterocycles. The van der Waals surface area contributed by atoms with E-state index in [0.717, 1.165) is 35.6 Å². The van der Waals surface area contributed by atoms with Gasteiger partial charge in [-0.3, -0.25) is 0 Å². The van der Waals surface area contributed by atoms with Gasteiger partial charge >= 0.3 is 0 Å². The van der Waals surface area contributed by atoms with Crippen molar-refractivity contribution in [3.8, 4) is 0 Å². The van der Waals surface area contributed by atoms with Crippen LogP contribution < -0.4 is 10.6 Å². The van der Waals surface area contributed by atoms with E-state index in [1.54, 1.807) is 0 Å². The molecule has 0 saturated carbocycles. The lowest BCUT2D eigenvalue weighted by molar-refractivity contribution is 0.816. The molecule has 4 heteroatoms. The Morgan fingerprint density at radius 2 is 1.32 bits per heavy atom. The number of aryl methyl sites for hydroxylation is 2. The van der Waals surface area contributed by atoms with E-state index in [9.17, 15) is 0 Å². The minimum atomic E-state index is 0.834. The standard InChI is InChI=1S/C18H24N4/c1-13-5-6-16(12-20-4)10-18(13)22-21-17-8-7-15(11-19-3)9-14(17)2/h5-10,19-20H,11-12H2,1-4H3. The van der Waals surface area contributed by atoms with E-state index in [-0.39, 0.29) is 0 Å². The van der Waals surface area contributed by atoms with Crippen molar-refractivity contribution in [2.75, 3.05) is 14.1 Å². The normalized spacial score (nSPS) is 11.3. The lowest BCUT2D eigenvalue weighted by Crippen LogP contribution is -2.04. The second-order valence-electron chi connectivity index (χ2n) is 5.50. The van der Waals surface area contributed by atoms with Crippen LogP contribution >= 0.6 is 0 Å². The van der Waals surface area contributed by atoms with E-state index in [1.165, 1.54) is 11.1 Å². The van der Waals surface area contributed by atoms with Gasteiger partial charge in [0.05, 0.1) is 11.4 Å². The predicted octanol–water partition coefficient (Wildman–Crippen LogP) is 4.16. The smallest absolute Gasteiger partial charge is 0.0889 e. The van der Waals surface area contributed by atoms with Crippen LogP contribution in [0.2, 0.25) is 0 Å². The van der Waals surface area contributed by atoms with Crippen molar-refractivity contribution in [1.29, 1.82) is 0 Å². The maximum absolute atomic E-state index is 4.44. The third kappa shape index (κ3) is 4.23. The molecule has 4 nitrogen and oxygen atoms in total. The molecule has 0 atom stereocenters. The predicted molar refractivity (Wildman–Crippen MR) is 92.1 cm³/mol. The van der Waals surface area contributed by atoms with Gasteiger partial charge < -0.3 is 10.6 Å². The van der Waals surface area contributed by atoms with Gasteiger partial charge in [-0.15, -0.1) is 0 Å². The second-order valence-corrected chi connectivity index (χ2v) is 5.50. The summed E-state index contributed by atoms with van der Waals surface area (Å²) in [6.07, 6.45) is 0. The van der Waals surface area contributed by atoms with Gasteiger partial charge in [0.25, 0.3) is 0 Å². The van der Waals surface area contributed by atoms with Crippen molar-refractivity contribution >= 4 is 11.4 Å². The average molecular weight is 296 g/mol. The third-order valence-electron chi connectivity index (χ3n) is 3.56. The minimum absolute atomic E-state index is 0.834. The largest absolute Gasteiger partial charge is 0.316 e. The molecular weight excluding hydrogens is 272 g/mol. The van der Waals surface area contributed by atoms with Crippen molar-refractivity contribution in [3.05, 3.63) is 58.7 Å². The number of nitrogens with one attached hydrogen (secondary N) is 2. The number of azo groups is 1. The fourth-order valence-corrected chi connectivity index (χ4v) is 2.33. The number of hydrogen-bond acceptors (Lipinski definition) is 4. The Hall–Kier alpha value is -2.04. The van der Waals surface area contributed by atoms with E-state index in [4.69, 9.17) is 0 Å². The van der Waals surface area contributed by atoms with Gasteiger partial charge in [0, 0.05) is 13.1 Å². The molecule has 2 N–H and O–H groups in total. The van der Waals surface area contributed by atoms with Crippen molar-refractivity contribution in [3.63, 3.8) is 0 Å². The van der Waals surface area contributed by atoms with Gasteiger partial charge in [-0.1, -0.05) is 24.3 Å². The summed E-state index contributed by atoms with van der Waals surface area (Å²) in [6, 6.07) is 12.5. The Morgan fingerprint density at radius 3 is 1.95 bits per heavy atom. The van der Waals surface area contributed by atoms with Crippen LogP contribution in [0.5, 0.6) is 0 Å². The molecule has 0 saturated heterocycles. The van der Waals surface area contributed by atoms with E-state index >= 15 is 0 Å². The van der Waals surface area contributed by atoms with Crippen LogP contribution in [-0.2, 0) is 13.1 Å². The van der Waals surface area contributed by atoms with Crippen molar-refractivity contribution in [2.24, 2.45) is 10.2 Å².